The van der Waals surface area contributed by atoms with Crippen LogP contribution in [0.1, 0.15) is 0 Å². The van der Waals surface area contributed by atoms with Gasteiger partial charge < -0.3 is 0 Å². The third-order valence-corrected chi connectivity index (χ3v) is 10.8. The summed E-state index contributed by atoms with van der Waals surface area (Å²) in [6, 6.07) is 67.5. The van der Waals surface area contributed by atoms with Crippen molar-refractivity contribution in [2.75, 3.05) is 0 Å². The first-order valence-electron chi connectivity index (χ1n) is 18.1. The van der Waals surface area contributed by atoms with Gasteiger partial charge in [-0.05, 0) is 91.0 Å². The molecule has 0 N–H and O–H groups in total. The number of fused-ring (bicyclic) bond motifs is 7. The molecule has 9 aromatic carbocycles. The molecular weight excluding hydrogens is 643 g/mol. The summed E-state index contributed by atoms with van der Waals surface area (Å²) in [5.41, 5.74) is 9.65. The molecule has 0 atom stereocenters. The first kappa shape index (κ1) is 29.6. The first-order valence-corrected chi connectivity index (χ1v) is 18.1. The van der Waals surface area contributed by atoms with Crippen molar-refractivity contribution in [3.05, 3.63) is 188 Å². The third kappa shape index (κ3) is 4.75. The fraction of sp³-hybridized carbons (Fsp3) is 0. The SMILES string of the molecule is c1ccc(-c2cc3c(-c4cccc5ccccc45)nc(-n4c5ccccc5c5cc6ccccc6cc54)nc3cc2-c2ccc3ccccc3c2)cc1. The topological polar surface area (TPSA) is 30.7 Å². The van der Waals surface area contributed by atoms with Gasteiger partial charge >= 0.3 is 0 Å². The van der Waals surface area contributed by atoms with Gasteiger partial charge in [0.2, 0.25) is 5.95 Å². The third-order valence-electron chi connectivity index (χ3n) is 10.8. The molecule has 246 valence electrons. The second-order valence-electron chi connectivity index (χ2n) is 13.8. The van der Waals surface area contributed by atoms with E-state index in [4.69, 9.17) is 9.97 Å². The molecule has 53 heavy (non-hydrogen) atoms. The number of benzene rings is 9. The number of rotatable bonds is 4. The zero-order chi connectivity index (χ0) is 34.9. The molecule has 0 amide bonds. The molecule has 2 heterocycles. The van der Waals surface area contributed by atoms with E-state index in [1.807, 2.05) is 0 Å². The molecule has 0 unspecified atom stereocenters. The summed E-state index contributed by atoms with van der Waals surface area (Å²) in [6.45, 7) is 0. The highest BCUT2D eigenvalue weighted by atomic mass is 15.2. The van der Waals surface area contributed by atoms with Crippen molar-refractivity contribution in [1.29, 1.82) is 0 Å². The average Bonchev–Trinajstić information content (AvgIpc) is 3.55. The van der Waals surface area contributed by atoms with E-state index in [1.54, 1.807) is 0 Å². The van der Waals surface area contributed by atoms with Crippen molar-refractivity contribution in [2.24, 2.45) is 0 Å². The number of hydrogen-bond donors (Lipinski definition) is 0. The predicted octanol–water partition coefficient (Wildman–Crippen LogP) is 13.2. The Labute approximate surface area is 306 Å². The van der Waals surface area contributed by atoms with Gasteiger partial charge in [0, 0.05) is 21.7 Å². The van der Waals surface area contributed by atoms with E-state index >= 15 is 0 Å². The molecule has 3 heteroatoms. The largest absolute Gasteiger partial charge is 0.278 e. The van der Waals surface area contributed by atoms with E-state index in [0.29, 0.717) is 5.95 Å². The lowest BCUT2D eigenvalue weighted by Gasteiger charge is -2.17. The monoisotopic (exact) mass is 673 g/mol. The molecule has 0 fully saturated rings. The van der Waals surface area contributed by atoms with Gasteiger partial charge in [0.05, 0.1) is 22.2 Å². The molecule has 0 saturated heterocycles. The van der Waals surface area contributed by atoms with Gasteiger partial charge in [0.1, 0.15) is 0 Å². The van der Waals surface area contributed by atoms with Crippen LogP contribution in [-0.2, 0) is 0 Å². The van der Waals surface area contributed by atoms with Gasteiger partial charge in [-0.2, -0.15) is 0 Å². The molecule has 0 saturated carbocycles. The molecular formula is C50H31N3. The minimum Gasteiger partial charge on any atom is -0.278 e. The highest BCUT2D eigenvalue weighted by Gasteiger charge is 2.21. The summed E-state index contributed by atoms with van der Waals surface area (Å²) in [5, 5.41) is 10.6. The van der Waals surface area contributed by atoms with E-state index < -0.39 is 0 Å². The summed E-state index contributed by atoms with van der Waals surface area (Å²) < 4.78 is 2.26. The quantitative estimate of drug-likeness (QED) is 0.186. The van der Waals surface area contributed by atoms with Gasteiger partial charge in [0.15, 0.2) is 0 Å². The van der Waals surface area contributed by atoms with E-state index in [9.17, 15) is 0 Å². The Morgan fingerprint density at radius 2 is 0.962 bits per heavy atom. The Kier molecular flexibility index (Phi) is 6.55. The Balaban J connectivity index is 1.28. The van der Waals surface area contributed by atoms with Gasteiger partial charge in [-0.25, -0.2) is 9.97 Å². The molecule has 0 aliphatic heterocycles. The Bertz CT molecular complexity index is 3220. The Hall–Kier alpha value is -7.10. The van der Waals surface area contributed by atoms with Crippen LogP contribution in [-0.4, -0.2) is 14.5 Å². The molecule has 0 bridgehead atoms. The highest BCUT2D eigenvalue weighted by Crippen LogP contribution is 2.42. The summed E-state index contributed by atoms with van der Waals surface area (Å²) in [6.07, 6.45) is 0. The van der Waals surface area contributed by atoms with Crippen molar-refractivity contribution in [3.8, 4) is 39.5 Å². The molecule has 11 rings (SSSR count). The Morgan fingerprint density at radius 1 is 0.321 bits per heavy atom. The van der Waals surface area contributed by atoms with Crippen LogP contribution < -0.4 is 0 Å². The molecule has 3 nitrogen and oxygen atoms in total. The summed E-state index contributed by atoms with van der Waals surface area (Å²) in [7, 11) is 0. The van der Waals surface area contributed by atoms with Crippen LogP contribution >= 0.6 is 0 Å². The highest BCUT2D eigenvalue weighted by molar-refractivity contribution is 6.14. The summed E-state index contributed by atoms with van der Waals surface area (Å²) >= 11 is 0. The normalized spacial score (nSPS) is 11.8. The minimum absolute atomic E-state index is 0.652. The molecule has 11 aromatic rings. The second-order valence-corrected chi connectivity index (χ2v) is 13.8. The summed E-state index contributed by atoms with van der Waals surface area (Å²) in [4.78, 5) is 11.1. The van der Waals surface area contributed by atoms with Crippen molar-refractivity contribution in [3.63, 3.8) is 0 Å². The zero-order valence-corrected chi connectivity index (χ0v) is 28.7. The smallest absolute Gasteiger partial charge is 0.235 e. The van der Waals surface area contributed by atoms with Crippen LogP contribution in [0.2, 0.25) is 0 Å². The predicted molar refractivity (Wildman–Crippen MR) is 223 cm³/mol. The molecule has 2 aromatic heterocycles. The van der Waals surface area contributed by atoms with E-state index in [-0.39, 0.29) is 0 Å². The van der Waals surface area contributed by atoms with Gasteiger partial charge in [0.25, 0.3) is 0 Å². The Morgan fingerprint density at radius 3 is 1.79 bits per heavy atom. The average molecular weight is 674 g/mol. The van der Waals surface area contributed by atoms with Gasteiger partial charge in [-0.1, -0.05) is 152 Å². The molecule has 0 aliphatic rings. The van der Waals surface area contributed by atoms with Crippen LogP contribution in [0.5, 0.6) is 0 Å². The van der Waals surface area contributed by atoms with E-state index in [2.05, 4.69) is 193 Å². The standard InChI is InChI=1S/C50H31N3/c1-2-14-34(15-3-1)42-30-45-46(31-43(42)38-26-25-32-13-4-5-17-35(32)27-38)51-50(52-49(45)41-23-12-20-33-16-8-9-21-39(33)41)53-47-24-11-10-22-40(47)44-28-36-18-6-7-19-37(36)29-48(44)53/h1-31H. The van der Waals surface area contributed by atoms with Gasteiger partial charge in [-0.3, -0.25) is 4.57 Å². The lowest BCUT2D eigenvalue weighted by molar-refractivity contribution is 1.01. The first-order chi connectivity index (χ1) is 26.3. The van der Waals surface area contributed by atoms with Crippen LogP contribution in [0.15, 0.2) is 188 Å². The van der Waals surface area contributed by atoms with Gasteiger partial charge in [-0.15, -0.1) is 0 Å². The molecule has 0 aliphatic carbocycles. The zero-order valence-electron chi connectivity index (χ0n) is 28.7. The van der Waals surface area contributed by atoms with Crippen LogP contribution in [0, 0.1) is 0 Å². The van der Waals surface area contributed by atoms with Crippen molar-refractivity contribution >= 4 is 65.0 Å². The molecule has 0 spiro atoms. The molecule has 0 radical (unpaired) electrons. The van der Waals surface area contributed by atoms with Crippen molar-refractivity contribution in [2.45, 2.75) is 0 Å². The minimum atomic E-state index is 0.652. The fourth-order valence-electron chi connectivity index (χ4n) is 8.22. The fourth-order valence-corrected chi connectivity index (χ4v) is 8.22. The number of hydrogen-bond acceptors (Lipinski definition) is 2. The second kappa shape index (κ2) is 11.7. The maximum atomic E-state index is 5.57. The lowest BCUT2D eigenvalue weighted by Crippen LogP contribution is -2.04. The maximum absolute atomic E-state index is 5.57. The summed E-state index contributed by atoms with van der Waals surface area (Å²) in [5.74, 6) is 0.652. The van der Waals surface area contributed by atoms with E-state index in [0.717, 1.165) is 60.8 Å². The number of aromatic nitrogens is 3. The lowest BCUT2D eigenvalue weighted by atomic mass is 9.90. The van der Waals surface area contributed by atoms with Crippen LogP contribution in [0.4, 0.5) is 0 Å². The number of para-hydroxylation sites is 1. The van der Waals surface area contributed by atoms with Crippen molar-refractivity contribution < 1.29 is 0 Å². The van der Waals surface area contributed by atoms with Crippen LogP contribution in [0.25, 0.3) is 104 Å². The number of nitrogens with zero attached hydrogens (tertiary/aromatic N) is 3. The van der Waals surface area contributed by atoms with Crippen LogP contribution in [0.3, 0.4) is 0 Å². The maximum Gasteiger partial charge on any atom is 0.235 e. The van der Waals surface area contributed by atoms with Crippen molar-refractivity contribution in [1.82, 2.24) is 14.5 Å². The van der Waals surface area contributed by atoms with E-state index in [1.165, 1.54) is 37.7 Å².